The zero-order valence-corrected chi connectivity index (χ0v) is 16.9. The Balaban J connectivity index is 1.36. The number of thiazole rings is 1. The molecule has 146 valence electrons. The highest BCUT2D eigenvalue weighted by Gasteiger charge is 2.23. The Bertz CT molecular complexity index is 929. The first-order chi connectivity index (χ1) is 13.6. The third-order valence-electron chi connectivity index (χ3n) is 5.12. The van der Waals surface area contributed by atoms with Crippen LogP contribution in [0.1, 0.15) is 17.0 Å². The lowest BCUT2D eigenvalue weighted by atomic mass is 10.2. The van der Waals surface area contributed by atoms with Crippen molar-refractivity contribution in [3.63, 3.8) is 0 Å². The SMILES string of the molecule is Cc1nn(-c2ccccc2)c(C)c1CNC(=O)N1CCN(c2nccs2)CC1. The average molecular weight is 397 g/mol. The number of anilines is 1. The van der Waals surface area contributed by atoms with Crippen LogP contribution in [-0.2, 0) is 6.54 Å². The maximum absolute atomic E-state index is 12.6. The molecule has 0 aliphatic carbocycles. The lowest BCUT2D eigenvalue weighted by molar-refractivity contribution is 0.194. The number of nitrogens with zero attached hydrogens (tertiary/aromatic N) is 5. The molecule has 7 nitrogen and oxygen atoms in total. The number of hydrogen-bond donors (Lipinski definition) is 1. The van der Waals surface area contributed by atoms with E-state index in [1.165, 1.54) is 0 Å². The van der Waals surface area contributed by atoms with Crippen molar-refractivity contribution in [2.45, 2.75) is 20.4 Å². The highest BCUT2D eigenvalue weighted by molar-refractivity contribution is 7.13. The maximum Gasteiger partial charge on any atom is 0.317 e. The molecule has 3 aromatic rings. The first kappa shape index (κ1) is 18.5. The molecule has 8 heteroatoms. The van der Waals surface area contributed by atoms with Crippen LogP contribution in [0.4, 0.5) is 9.93 Å². The first-order valence-electron chi connectivity index (χ1n) is 9.41. The summed E-state index contributed by atoms with van der Waals surface area (Å²) in [6.07, 6.45) is 1.82. The van der Waals surface area contributed by atoms with Crippen LogP contribution >= 0.6 is 11.3 Å². The molecule has 2 aromatic heterocycles. The highest BCUT2D eigenvalue weighted by Crippen LogP contribution is 2.20. The zero-order chi connectivity index (χ0) is 19.5. The van der Waals surface area contributed by atoms with Gasteiger partial charge in [0.15, 0.2) is 5.13 Å². The van der Waals surface area contributed by atoms with Crippen LogP contribution in [0.15, 0.2) is 41.9 Å². The van der Waals surface area contributed by atoms with Crippen LogP contribution in [0.25, 0.3) is 5.69 Å². The summed E-state index contributed by atoms with van der Waals surface area (Å²) >= 11 is 1.64. The minimum Gasteiger partial charge on any atom is -0.345 e. The van der Waals surface area contributed by atoms with Gasteiger partial charge in [-0.25, -0.2) is 14.5 Å². The second-order valence-electron chi connectivity index (χ2n) is 6.84. The Morgan fingerprint density at radius 3 is 2.57 bits per heavy atom. The number of aromatic nitrogens is 3. The van der Waals surface area contributed by atoms with E-state index in [4.69, 9.17) is 0 Å². The van der Waals surface area contributed by atoms with Crippen molar-refractivity contribution in [2.75, 3.05) is 31.1 Å². The second-order valence-corrected chi connectivity index (χ2v) is 7.72. The van der Waals surface area contributed by atoms with Gasteiger partial charge in [-0.2, -0.15) is 5.10 Å². The van der Waals surface area contributed by atoms with Gasteiger partial charge in [0.05, 0.1) is 11.4 Å². The van der Waals surface area contributed by atoms with E-state index in [1.54, 1.807) is 11.3 Å². The molecule has 2 amide bonds. The summed E-state index contributed by atoms with van der Waals surface area (Å²) in [6, 6.07) is 10.0. The van der Waals surface area contributed by atoms with E-state index < -0.39 is 0 Å². The standard InChI is InChI=1S/C20H24N6OS/c1-15-18(16(2)26(23-15)17-6-4-3-5-7-17)14-22-19(27)24-9-11-25(12-10-24)20-21-8-13-28-20/h3-8,13H,9-12,14H2,1-2H3,(H,22,27). The fraction of sp³-hybridized carbons (Fsp3) is 0.350. The van der Waals surface area contributed by atoms with Crippen molar-refractivity contribution in [2.24, 2.45) is 0 Å². The van der Waals surface area contributed by atoms with Gasteiger partial charge in [-0.3, -0.25) is 0 Å². The van der Waals surface area contributed by atoms with E-state index in [0.717, 1.165) is 40.9 Å². The number of para-hydroxylation sites is 1. The van der Waals surface area contributed by atoms with Crippen LogP contribution < -0.4 is 10.2 Å². The predicted molar refractivity (Wildman–Crippen MR) is 111 cm³/mol. The Morgan fingerprint density at radius 2 is 1.89 bits per heavy atom. The maximum atomic E-state index is 12.6. The number of rotatable bonds is 4. The van der Waals surface area contributed by atoms with Gasteiger partial charge in [-0.15, -0.1) is 11.3 Å². The Morgan fingerprint density at radius 1 is 1.14 bits per heavy atom. The van der Waals surface area contributed by atoms with E-state index in [1.807, 2.05) is 65.3 Å². The Labute approximate surface area is 168 Å². The van der Waals surface area contributed by atoms with Crippen LogP contribution in [-0.4, -0.2) is 51.9 Å². The van der Waals surface area contributed by atoms with Gasteiger partial charge < -0.3 is 15.1 Å². The molecule has 1 aliphatic rings. The van der Waals surface area contributed by atoms with Gasteiger partial charge in [0.1, 0.15) is 0 Å². The highest BCUT2D eigenvalue weighted by atomic mass is 32.1. The fourth-order valence-corrected chi connectivity index (χ4v) is 4.20. The summed E-state index contributed by atoms with van der Waals surface area (Å²) in [5.41, 5.74) is 4.09. The van der Waals surface area contributed by atoms with Gasteiger partial charge in [0.2, 0.25) is 0 Å². The number of hydrogen-bond acceptors (Lipinski definition) is 5. The molecular weight excluding hydrogens is 372 g/mol. The van der Waals surface area contributed by atoms with E-state index in [9.17, 15) is 4.79 Å². The number of piperazine rings is 1. The van der Waals surface area contributed by atoms with Gasteiger partial charge in [0, 0.05) is 55.6 Å². The quantitative estimate of drug-likeness (QED) is 0.736. The Hall–Kier alpha value is -2.87. The third-order valence-corrected chi connectivity index (χ3v) is 5.95. The predicted octanol–water partition coefficient (Wildman–Crippen LogP) is 2.98. The van der Waals surface area contributed by atoms with Gasteiger partial charge in [-0.1, -0.05) is 18.2 Å². The molecule has 0 radical (unpaired) electrons. The molecule has 0 atom stereocenters. The van der Waals surface area contributed by atoms with E-state index >= 15 is 0 Å². The molecule has 3 heterocycles. The van der Waals surface area contributed by atoms with Gasteiger partial charge >= 0.3 is 6.03 Å². The summed E-state index contributed by atoms with van der Waals surface area (Å²) < 4.78 is 1.93. The van der Waals surface area contributed by atoms with Crippen molar-refractivity contribution in [1.82, 2.24) is 25.0 Å². The fourth-order valence-electron chi connectivity index (χ4n) is 3.50. The smallest absolute Gasteiger partial charge is 0.317 e. The summed E-state index contributed by atoms with van der Waals surface area (Å²) in [5.74, 6) is 0. The lowest BCUT2D eigenvalue weighted by Crippen LogP contribution is -2.51. The van der Waals surface area contributed by atoms with Crippen molar-refractivity contribution in [1.29, 1.82) is 0 Å². The number of amides is 2. The summed E-state index contributed by atoms with van der Waals surface area (Å²) in [5, 5.41) is 10.7. The third kappa shape index (κ3) is 3.73. The molecule has 0 bridgehead atoms. The van der Waals surface area contributed by atoms with Crippen molar-refractivity contribution in [3.05, 3.63) is 58.9 Å². The number of aryl methyl sites for hydroxylation is 1. The molecule has 0 unspecified atom stereocenters. The van der Waals surface area contributed by atoms with E-state index in [0.29, 0.717) is 19.6 Å². The number of urea groups is 1. The van der Waals surface area contributed by atoms with Crippen molar-refractivity contribution < 1.29 is 4.79 Å². The molecule has 1 saturated heterocycles. The Kier molecular flexibility index (Phi) is 5.29. The second kappa shape index (κ2) is 8.02. The number of carbonyl (C=O) groups excluding carboxylic acids is 1. The number of carbonyl (C=O) groups is 1. The van der Waals surface area contributed by atoms with Gasteiger partial charge in [0.25, 0.3) is 0 Å². The molecule has 0 spiro atoms. The molecular formula is C20H24N6OS. The number of benzene rings is 1. The first-order valence-corrected chi connectivity index (χ1v) is 10.3. The monoisotopic (exact) mass is 396 g/mol. The normalized spacial score (nSPS) is 14.4. The average Bonchev–Trinajstić information content (AvgIpc) is 3.36. The summed E-state index contributed by atoms with van der Waals surface area (Å²) in [4.78, 5) is 21.1. The molecule has 1 aromatic carbocycles. The lowest BCUT2D eigenvalue weighted by Gasteiger charge is -2.34. The van der Waals surface area contributed by atoms with Crippen LogP contribution in [0.3, 0.4) is 0 Å². The van der Waals surface area contributed by atoms with E-state index in [-0.39, 0.29) is 6.03 Å². The molecule has 4 rings (SSSR count). The molecule has 1 aliphatic heterocycles. The summed E-state index contributed by atoms with van der Waals surface area (Å²) in [7, 11) is 0. The van der Waals surface area contributed by atoms with E-state index in [2.05, 4.69) is 20.3 Å². The minimum atomic E-state index is -0.0231. The summed E-state index contributed by atoms with van der Waals surface area (Å²) in [6.45, 7) is 7.53. The molecule has 28 heavy (non-hydrogen) atoms. The zero-order valence-electron chi connectivity index (χ0n) is 16.1. The largest absolute Gasteiger partial charge is 0.345 e. The van der Waals surface area contributed by atoms with Crippen molar-refractivity contribution in [3.8, 4) is 5.69 Å². The molecule has 0 saturated carbocycles. The topological polar surface area (TPSA) is 66.3 Å². The minimum absolute atomic E-state index is 0.0231. The van der Waals surface area contributed by atoms with Crippen molar-refractivity contribution >= 4 is 22.5 Å². The molecule has 1 fully saturated rings. The van der Waals surface area contributed by atoms with Crippen LogP contribution in [0, 0.1) is 13.8 Å². The number of nitrogens with one attached hydrogen (secondary N) is 1. The van der Waals surface area contributed by atoms with Gasteiger partial charge in [-0.05, 0) is 26.0 Å². The van der Waals surface area contributed by atoms with Crippen LogP contribution in [0.2, 0.25) is 0 Å². The van der Waals surface area contributed by atoms with Crippen LogP contribution in [0.5, 0.6) is 0 Å². The molecule has 1 N–H and O–H groups in total.